The quantitative estimate of drug-likeness (QED) is 0.427. The molecule has 2 aliphatic heterocycles. The van der Waals surface area contributed by atoms with Gasteiger partial charge in [-0.2, -0.15) is 13.2 Å². The zero-order valence-corrected chi connectivity index (χ0v) is 22.8. The summed E-state index contributed by atoms with van der Waals surface area (Å²) in [5.74, 6) is -2.28. The van der Waals surface area contributed by atoms with Gasteiger partial charge in [-0.3, -0.25) is 14.6 Å². The van der Waals surface area contributed by atoms with Gasteiger partial charge in [0.1, 0.15) is 12.4 Å². The average Bonchev–Trinajstić information content (AvgIpc) is 3.43. The van der Waals surface area contributed by atoms with E-state index >= 15 is 0 Å². The number of nitrogens with one attached hydrogen (secondary N) is 1. The number of hydrogen-bond acceptors (Lipinski definition) is 5. The number of amidine groups is 1. The molecule has 0 radical (unpaired) electrons. The molecule has 3 aromatic carbocycles. The summed E-state index contributed by atoms with van der Waals surface area (Å²) in [6, 6.07) is 20.1. The number of alkyl halides is 3. The fraction of sp³-hybridized carbons (Fsp3) is 0.214. The zero-order chi connectivity index (χ0) is 29.7. The molecule has 41 heavy (non-hydrogen) atoms. The van der Waals surface area contributed by atoms with Gasteiger partial charge in [0.2, 0.25) is 5.91 Å². The highest BCUT2D eigenvalue weighted by Crippen LogP contribution is 2.33. The molecule has 0 unspecified atom stereocenters. The van der Waals surface area contributed by atoms with E-state index in [0.717, 1.165) is 41.3 Å². The van der Waals surface area contributed by atoms with Gasteiger partial charge >= 0.3 is 12.1 Å². The van der Waals surface area contributed by atoms with Crippen molar-refractivity contribution in [3.8, 4) is 0 Å². The minimum absolute atomic E-state index is 0.0503. The molecule has 2 amide bonds. The third kappa shape index (κ3) is 7.36. The second-order valence-corrected chi connectivity index (χ2v) is 9.89. The predicted octanol–water partition coefficient (Wildman–Crippen LogP) is 5.17. The first-order chi connectivity index (χ1) is 19.4. The number of carboxylic acid groups (broad SMARTS) is 1. The highest BCUT2D eigenvalue weighted by Gasteiger charge is 2.38. The number of nitrogens with zero attached hydrogens (tertiary/aromatic N) is 3. The highest BCUT2D eigenvalue weighted by atomic mass is 35.5. The van der Waals surface area contributed by atoms with E-state index in [0.29, 0.717) is 22.2 Å². The second-order valence-electron chi connectivity index (χ2n) is 9.04. The van der Waals surface area contributed by atoms with Crippen molar-refractivity contribution in [2.45, 2.75) is 19.3 Å². The molecule has 214 valence electrons. The lowest BCUT2D eigenvalue weighted by Crippen LogP contribution is -2.39. The van der Waals surface area contributed by atoms with Crippen LogP contribution >= 0.6 is 23.2 Å². The number of fused-ring (bicyclic) bond motifs is 1. The Morgan fingerprint density at radius 2 is 1.63 bits per heavy atom. The van der Waals surface area contributed by atoms with E-state index in [1.54, 1.807) is 35.2 Å². The number of aliphatic carboxylic acids is 1. The normalized spacial score (nSPS) is 14.8. The van der Waals surface area contributed by atoms with Crippen LogP contribution in [0.3, 0.4) is 0 Å². The maximum atomic E-state index is 13.4. The Balaban J connectivity index is 0.000000493. The van der Waals surface area contributed by atoms with Crippen LogP contribution in [-0.2, 0) is 22.7 Å². The Morgan fingerprint density at radius 1 is 0.976 bits per heavy atom. The van der Waals surface area contributed by atoms with Gasteiger partial charge in [-0.05, 0) is 42.0 Å². The molecule has 0 aromatic heterocycles. The molecule has 2 aliphatic rings. The van der Waals surface area contributed by atoms with Crippen LogP contribution in [0.2, 0.25) is 10.0 Å². The molecule has 0 saturated carbocycles. The smallest absolute Gasteiger partial charge is 0.475 e. The molecule has 5 rings (SSSR count). The van der Waals surface area contributed by atoms with E-state index in [4.69, 9.17) is 33.1 Å². The number of amides is 2. The molecule has 13 heteroatoms. The van der Waals surface area contributed by atoms with Crippen molar-refractivity contribution in [2.75, 3.05) is 24.5 Å². The van der Waals surface area contributed by atoms with Crippen molar-refractivity contribution in [2.24, 2.45) is 4.99 Å². The van der Waals surface area contributed by atoms with Crippen molar-refractivity contribution in [1.82, 2.24) is 10.2 Å². The largest absolute Gasteiger partial charge is 0.490 e. The van der Waals surface area contributed by atoms with Crippen LogP contribution < -0.4 is 10.2 Å². The summed E-state index contributed by atoms with van der Waals surface area (Å²) in [5.41, 5.74) is 3.93. The van der Waals surface area contributed by atoms with E-state index in [1.807, 2.05) is 36.4 Å². The minimum Gasteiger partial charge on any atom is -0.475 e. The molecular formula is C28H23Cl2F3N4O4. The molecule has 0 aliphatic carbocycles. The summed E-state index contributed by atoms with van der Waals surface area (Å²) in [6.45, 7) is 2.19. The fourth-order valence-electron chi connectivity index (χ4n) is 4.22. The Kier molecular flexibility index (Phi) is 9.19. The number of anilines is 1. The van der Waals surface area contributed by atoms with E-state index in [9.17, 15) is 22.8 Å². The number of aliphatic imine (C=N–C) groups is 1. The van der Waals surface area contributed by atoms with E-state index in [-0.39, 0.29) is 24.9 Å². The molecule has 0 fully saturated rings. The van der Waals surface area contributed by atoms with Crippen molar-refractivity contribution in [3.05, 3.63) is 99.0 Å². The Labute approximate surface area is 243 Å². The van der Waals surface area contributed by atoms with Crippen LogP contribution in [0.1, 0.15) is 27.0 Å². The Hall–Kier alpha value is -4.09. The first-order valence-electron chi connectivity index (χ1n) is 12.2. The lowest BCUT2D eigenvalue weighted by molar-refractivity contribution is -0.192. The monoisotopic (exact) mass is 606 g/mol. The highest BCUT2D eigenvalue weighted by molar-refractivity contribution is 6.32. The predicted molar refractivity (Wildman–Crippen MR) is 148 cm³/mol. The number of benzene rings is 3. The summed E-state index contributed by atoms with van der Waals surface area (Å²) in [5, 5.41) is 11.5. The van der Waals surface area contributed by atoms with Gasteiger partial charge < -0.3 is 20.2 Å². The molecule has 2 heterocycles. The SMILES string of the molecule is O=C(O)C(F)(F)F.O=C(c1ccc(Cl)cc1)N1CC(=O)N(Cc2ccc(C3=NCCN3)cc2)c2cccc(Cl)c2C1. The van der Waals surface area contributed by atoms with Crippen molar-refractivity contribution < 1.29 is 32.7 Å². The Bertz CT molecular complexity index is 1480. The number of halogens is 5. The summed E-state index contributed by atoms with van der Waals surface area (Å²) in [6.07, 6.45) is -5.08. The van der Waals surface area contributed by atoms with Crippen molar-refractivity contribution >= 4 is 52.5 Å². The summed E-state index contributed by atoms with van der Waals surface area (Å²) < 4.78 is 31.7. The molecule has 0 spiro atoms. The van der Waals surface area contributed by atoms with Crippen LogP contribution in [0.4, 0.5) is 18.9 Å². The van der Waals surface area contributed by atoms with Gasteiger partial charge in [0.25, 0.3) is 5.91 Å². The van der Waals surface area contributed by atoms with Crippen LogP contribution in [-0.4, -0.2) is 59.4 Å². The summed E-state index contributed by atoms with van der Waals surface area (Å²) >= 11 is 12.5. The van der Waals surface area contributed by atoms with Gasteiger partial charge in [-0.1, -0.05) is 53.5 Å². The molecule has 0 saturated heterocycles. The van der Waals surface area contributed by atoms with Crippen LogP contribution in [0.25, 0.3) is 0 Å². The number of carbonyl (C=O) groups excluding carboxylic acids is 2. The summed E-state index contributed by atoms with van der Waals surface area (Å²) in [7, 11) is 0. The van der Waals surface area contributed by atoms with E-state index < -0.39 is 12.1 Å². The number of carbonyl (C=O) groups is 3. The van der Waals surface area contributed by atoms with Gasteiger partial charge in [-0.25, -0.2) is 4.79 Å². The molecule has 0 bridgehead atoms. The molecule has 8 nitrogen and oxygen atoms in total. The van der Waals surface area contributed by atoms with Gasteiger partial charge in [0.15, 0.2) is 0 Å². The van der Waals surface area contributed by atoms with Gasteiger partial charge in [0.05, 0.1) is 25.3 Å². The maximum absolute atomic E-state index is 13.4. The van der Waals surface area contributed by atoms with Gasteiger partial charge in [0, 0.05) is 33.3 Å². The van der Waals surface area contributed by atoms with Crippen LogP contribution in [0.5, 0.6) is 0 Å². The van der Waals surface area contributed by atoms with Gasteiger partial charge in [-0.15, -0.1) is 0 Å². The Morgan fingerprint density at radius 3 is 2.22 bits per heavy atom. The second kappa shape index (κ2) is 12.6. The lowest BCUT2D eigenvalue weighted by Gasteiger charge is -2.23. The molecular weight excluding hydrogens is 584 g/mol. The third-order valence-electron chi connectivity index (χ3n) is 6.22. The standard InChI is InChI=1S/C26H22Cl2N4O2.C2HF3O2/c27-20-10-8-19(9-11-20)26(34)31-15-21-22(28)2-1-3-23(21)32(24(33)16-31)14-17-4-6-18(7-5-17)25-29-12-13-30-25;3-2(4,5)1(6)7/h1-11H,12-16H2,(H,29,30);(H,6,7). The lowest BCUT2D eigenvalue weighted by atomic mass is 10.1. The van der Waals surface area contributed by atoms with E-state index in [1.165, 1.54) is 4.90 Å². The zero-order valence-electron chi connectivity index (χ0n) is 21.3. The number of hydrogen-bond donors (Lipinski definition) is 2. The van der Waals surface area contributed by atoms with Crippen molar-refractivity contribution in [3.63, 3.8) is 0 Å². The van der Waals surface area contributed by atoms with Crippen LogP contribution in [0, 0.1) is 0 Å². The molecule has 0 atom stereocenters. The number of carboxylic acids is 1. The number of rotatable bonds is 4. The first kappa shape index (κ1) is 29.9. The van der Waals surface area contributed by atoms with Crippen molar-refractivity contribution in [1.29, 1.82) is 0 Å². The molecule has 3 aromatic rings. The molecule has 2 N–H and O–H groups in total. The topological polar surface area (TPSA) is 102 Å². The van der Waals surface area contributed by atoms with E-state index in [2.05, 4.69) is 10.3 Å². The first-order valence-corrected chi connectivity index (χ1v) is 13.0. The summed E-state index contributed by atoms with van der Waals surface area (Å²) in [4.78, 5) is 43.2. The minimum atomic E-state index is -5.08. The average molecular weight is 607 g/mol. The fourth-order valence-corrected chi connectivity index (χ4v) is 4.58. The van der Waals surface area contributed by atoms with Crippen LogP contribution in [0.15, 0.2) is 71.7 Å². The third-order valence-corrected chi connectivity index (χ3v) is 6.83. The maximum Gasteiger partial charge on any atom is 0.490 e.